The first kappa shape index (κ1) is 16.2. The molecule has 21 heavy (non-hydrogen) atoms. The highest BCUT2D eigenvalue weighted by molar-refractivity contribution is 7.89. The van der Waals surface area contributed by atoms with Crippen LogP contribution in [0.25, 0.3) is 0 Å². The third-order valence-electron chi connectivity index (χ3n) is 3.22. The van der Waals surface area contributed by atoms with Crippen LogP contribution >= 0.6 is 11.6 Å². The Kier molecular flexibility index (Phi) is 4.55. The number of nitro groups is 1. The van der Waals surface area contributed by atoms with Crippen molar-refractivity contribution in [2.24, 2.45) is 5.92 Å². The lowest BCUT2D eigenvalue weighted by atomic mass is 10.2. The maximum atomic E-state index is 12.7. The molecule has 6 nitrogen and oxygen atoms in total. The van der Waals surface area contributed by atoms with Crippen LogP contribution in [0.4, 0.5) is 5.69 Å². The van der Waals surface area contributed by atoms with Gasteiger partial charge in [-0.1, -0.05) is 25.4 Å². The van der Waals surface area contributed by atoms with E-state index in [0.717, 1.165) is 18.9 Å². The lowest BCUT2D eigenvalue weighted by Gasteiger charge is -2.23. The van der Waals surface area contributed by atoms with E-state index in [4.69, 9.17) is 11.6 Å². The van der Waals surface area contributed by atoms with Gasteiger partial charge in [0.2, 0.25) is 10.0 Å². The van der Waals surface area contributed by atoms with Crippen LogP contribution < -0.4 is 0 Å². The number of hydrogen-bond donors (Lipinski definition) is 0. The Hall–Kier alpha value is -1.18. The molecular formula is C13H17ClN2O4S. The van der Waals surface area contributed by atoms with Crippen LogP contribution in [0.3, 0.4) is 0 Å². The lowest BCUT2D eigenvalue weighted by molar-refractivity contribution is -0.384. The van der Waals surface area contributed by atoms with Crippen LogP contribution in [-0.2, 0) is 10.0 Å². The summed E-state index contributed by atoms with van der Waals surface area (Å²) in [7, 11) is -3.74. The number of nitrogens with zero attached hydrogens (tertiary/aromatic N) is 2. The monoisotopic (exact) mass is 332 g/mol. The van der Waals surface area contributed by atoms with Crippen molar-refractivity contribution in [3.05, 3.63) is 33.3 Å². The summed E-state index contributed by atoms with van der Waals surface area (Å²) in [4.78, 5) is 10.2. The smallest absolute Gasteiger partial charge is 0.258 e. The molecule has 0 bridgehead atoms. The molecule has 0 unspecified atom stereocenters. The number of sulfonamides is 1. The second-order valence-electron chi connectivity index (χ2n) is 5.57. The average molecular weight is 333 g/mol. The van der Waals surface area contributed by atoms with Crippen molar-refractivity contribution in [1.29, 1.82) is 0 Å². The predicted octanol–water partition coefficient (Wildman–Crippen LogP) is 3.06. The fourth-order valence-electron chi connectivity index (χ4n) is 2.09. The number of hydrogen-bond acceptors (Lipinski definition) is 4. The highest BCUT2D eigenvalue weighted by Crippen LogP contribution is 2.35. The van der Waals surface area contributed by atoms with E-state index < -0.39 is 20.6 Å². The van der Waals surface area contributed by atoms with E-state index in [0.29, 0.717) is 6.54 Å². The van der Waals surface area contributed by atoms with Crippen LogP contribution in [0.15, 0.2) is 23.1 Å². The molecule has 0 radical (unpaired) electrons. The van der Waals surface area contributed by atoms with Crippen molar-refractivity contribution in [3.8, 4) is 0 Å². The highest BCUT2D eigenvalue weighted by Gasteiger charge is 2.38. The molecule has 0 aromatic heterocycles. The second-order valence-corrected chi connectivity index (χ2v) is 7.87. The zero-order valence-electron chi connectivity index (χ0n) is 11.8. The van der Waals surface area contributed by atoms with E-state index in [-0.39, 0.29) is 21.9 Å². The number of nitro benzene ring substituents is 1. The molecule has 1 saturated carbocycles. The minimum atomic E-state index is -3.74. The molecule has 0 N–H and O–H groups in total. The summed E-state index contributed by atoms with van der Waals surface area (Å²) in [6.45, 7) is 4.29. The van der Waals surface area contributed by atoms with Gasteiger partial charge in [0, 0.05) is 18.7 Å². The Morgan fingerprint density at radius 1 is 1.43 bits per heavy atom. The maximum Gasteiger partial charge on any atom is 0.289 e. The Labute approximate surface area is 128 Å². The van der Waals surface area contributed by atoms with Gasteiger partial charge in [-0.25, -0.2) is 8.42 Å². The Morgan fingerprint density at radius 3 is 2.52 bits per heavy atom. The largest absolute Gasteiger partial charge is 0.289 e. The van der Waals surface area contributed by atoms with Crippen LogP contribution in [0.5, 0.6) is 0 Å². The highest BCUT2D eigenvalue weighted by atomic mass is 35.5. The fourth-order valence-corrected chi connectivity index (χ4v) is 4.15. The Balaban J connectivity index is 2.42. The van der Waals surface area contributed by atoms with Crippen LogP contribution in [0.1, 0.15) is 26.7 Å². The first-order valence-corrected chi connectivity index (χ1v) is 8.51. The molecule has 0 atom stereocenters. The van der Waals surface area contributed by atoms with Crippen molar-refractivity contribution in [3.63, 3.8) is 0 Å². The summed E-state index contributed by atoms with van der Waals surface area (Å²) >= 11 is 5.73. The van der Waals surface area contributed by atoms with E-state index >= 15 is 0 Å². The summed E-state index contributed by atoms with van der Waals surface area (Å²) in [5, 5.41) is 10.8. The molecule has 0 amide bonds. The van der Waals surface area contributed by atoms with E-state index in [2.05, 4.69) is 0 Å². The van der Waals surface area contributed by atoms with Gasteiger partial charge >= 0.3 is 0 Å². The second kappa shape index (κ2) is 5.90. The van der Waals surface area contributed by atoms with Gasteiger partial charge in [-0.3, -0.25) is 10.1 Å². The SMILES string of the molecule is CC(C)CN(C1CC1)S(=O)(=O)c1ccc(Cl)c([N+](=O)[O-])c1. The molecular weight excluding hydrogens is 316 g/mol. The Morgan fingerprint density at radius 2 is 2.05 bits per heavy atom. The van der Waals surface area contributed by atoms with Crippen molar-refractivity contribution in [2.45, 2.75) is 37.6 Å². The molecule has 1 aromatic rings. The van der Waals surface area contributed by atoms with Gasteiger partial charge in [0.05, 0.1) is 9.82 Å². The number of halogens is 1. The summed E-state index contributed by atoms with van der Waals surface area (Å²) in [5.74, 6) is 0.183. The van der Waals surface area contributed by atoms with Gasteiger partial charge in [0.15, 0.2) is 0 Å². The lowest BCUT2D eigenvalue weighted by Crippen LogP contribution is -2.36. The molecule has 0 aliphatic heterocycles. The maximum absolute atomic E-state index is 12.7. The van der Waals surface area contributed by atoms with Crippen molar-refractivity contribution in [2.75, 3.05) is 6.54 Å². The fraction of sp³-hybridized carbons (Fsp3) is 0.538. The number of rotatable bonds is 6. The minimum Gasteiger partial charge on any atom is -0.258 e. The van der Waals surface area contributed by atoms with Gasteiger partial charge in [-0.15, -0.1) is 0 Å². The van der Waals surface area contributed by atoms with E-state index in [9.17, 15) is 18.5 Å². The first-order chi connectivity index (χ1) is 9.73. The number of benzene rings is 1. The van der Waals surface area contributed by atoms with E-state index in [1.807, 2.05) is 13.8 Å². The molecule has 0 saturated heterocycles. The summed E-state index contributed by atoms with van der Waals surface area (Å²) in [6, 6.07) is 3.62. The van der Waals surface area contributed by atoms with Crippen LogP contribution in [0, 0.1) is 16.0 Å². The quantitative estimate of drug-likeness (QED) is 0.592. The van der Waals surface area contributed by atoms with Gasteiger partial charge in [0.25, 0.3) is 5.69 Å². The molecule has 1 aromatic carbocycles. The molecule has 2 rings (SSSR count). The molecule has 1 aliphatic rings. The minimum absolute atomic E-state index is 0.00661. The molecule has 0 heterocycles. The Bertz CT molecular complexity index is 656. The van der Waals surface area contributed by atoms with E-state index in [1.165, 1.54) is 16.4 Å². The zero-order chi connectivity index (χ0) is 15.8. The van der Waals surface area contributed by atoms with Crippen molar-refractivity contribution < 1.29 is 13.3 Å². The van der Waals surface area contributed by atoms with E-state index in [1.54, 1.807) is 0 Å². The summed E-state index contributed by atoms with van der Waals surface area (Å²) in [5.41, 5.74) is -0.391. The van der Waals surface area contributed by atoms with Gasteiger partial charge in [-0.05, 0) is 30.9 Å². The van der Waals surface area contributed by atoms with Crippen LogP contribution in [0.2, 0.25) is 5.02 Å². The van der Waals surface area contributed by atoms with Gasteiger partial charge in [-0.2, -0.15) is 4.31 Å². The van der Waals surface area contributed by atoms with Crippen LogP contribution in [-0.4, -0.2) is 30.2 Å². The average Bonchev–Trinajstić information content (AvgIpc) is 3.19. The molecule has 0 spiro atoms. The zero-order valence-corrected chi connectivity index (χ0v) is 13.4. The van der Waals surface area contributed by atoms with Gasteiger partial charge < -0.3 is 0 Å². The first-order valence-electron chi connectivity index (χ1n) is 6.69. The van der Waals surface area contributed by atoms with Crippen molar-refractivity contribution in [1.82, 2.24) is 4.31 Å². The summed E-state index contributed by atoms with van der Waals surface area (Å²) < 4.78 is 26.8. The molecule has 8 heteroatoms. The van der Waals surface area contributed by atoms with Gasteiger partial charge in [0.1, 0.15) is 5.02 Å². The molecule has 1 aliphatic carbocycles. The molecule has 1 fully saturated rings. The standard InChI is InChI=1S/C13H17ClN2O4S/c1-9(2)8-15(10-3-4-10)21(19,20)11-5-6-12(14)13(7-11)16(17)18/h5-7,9-10H,3-4,8H2,1-2H3. The van der Waals surface area contributed by atoms with Crippen molar-refractivity contribution >= 4 is 27.3 Å². The molecule has 116 valence electrons. The third kappa shape index (κ3) is 3.53. The summed E-state index contributed by atoms with van der Waals surface area (Å²) in [6.07, 6.45) is 1.67. The predicted molar refractivity (Wildman–Crippen MR) is 79.9 cm³/mol. The normalized spacial score (nSPS) is 15.7. The third-order valence-corrected chi connectivity index (χ3v) is 5.45. The topological polar surface area (TPSA) is 80.5 Å².